The van der Waals surface area contributed by atoms with Crippen molar-refractivity contribution in [1.29, 1.82) is 5.26 Å². The molecule has 17 heteroatoms. The summed E-state index contributed by atoms with van der Waals surface area (Å²) in [4.78, 5) is 41.9. The first-order valence-corrected chi connectivity index (χ1v) is 21.1. The lowest BCUT2D eigenvalue weighted by Gasteiger charge is -2.42. The fourth-order valence-electron chi connectivity index (χ4n) is 8.49. The van der Waals surface area contributed by atoms with Crippen LogP contribution < -0.4 is 20.4 Å². The van der Waals surface area contributed by atoms with Crippen molar-refractivity contribution in [3.63, 3.8) is 0 Å². The molecule has 1 fully saturated rings. The molecule has 0 spiro atoms. The Morgan fingerprint density at radius 1 is 0.984 bits per heavy atom. The van der Waals surface area contributed by atoms with Gasteiger partial charge in [-0.25, -0.2) is 13.9 Å². The molecule has 2 amide bonds. The molecule has 64 heavy (non-hydrogen) atoms. The molecular formula is C47H48FN11O5. The Balaban J connectivity index is 0.966. The molecule has 4 heterocycles. The fraction of sp³-hybridized carbons (Fsp3) is 0.298. The van der Waals surface area contributed by atoms with Gasteiger partial charge >= 0.3 is 6.01 Å². The van der Waals surface area contributed by atoms with E-state index in [1.54, 1.807) is 11.0 Å². The number of carbonyl (C=O) groups is 2. The highest BCUT2D eigenvalue weighted by molar-refractivity contribution is 5.94. The van der Waals surface area contributed by atoms with E-state index < -0.39 is 11.8 Å². The maximum atomic E-state index is 15.6. The van der Waals surface area contributed by atoms with Crippen molar-refractivity contribution in [1.82, 2.24) is 34.9 Å². The molecule has 0 saturated carbocycles. The zero-order chi connectivity index (χ0) is 45.1. The van der Waals surface area contributed by atoms with Gasteiger partial charge in [0, 0.05) is 74.0 Å². The van der Waals surface area contributed by atoms with Gasteiger partial charge in [0.15, 0.2) is 5.82 Å². The van der Waals surface area contributed by atoms with Gasteiger partial charge in [0.2, 0.25) is 17.8 Å². The quantitative estimate of drug-likeness (QED) is 0.0839. The number of nitriles is 1. The SMILES string of the molecule is C=CC(=O)N1CCN(c2nc(NCCC(=O)NCc3ccc(-n4c(O)nnc4-c4cc(C(C)C)c(O)cc4O)cc3F)nc3c2CCN(c2cccc4ccccc24)C3)CC1CC#N. The summed E-state index contributed by atoms with van der Waals surface area (Å²) in [6.07, 6.45) is 2.13. The number of nitrogens with one attached hydrogen (secondary N) is 2. The number of nitrogens with zero attached hydrogens (tertiary/aromatic N) is 9. The first-order valence-electron chi connectivity index (χ1n) is 21.1. The summed E-state index contributed by atoms with van der Waals surface area (Å²) in [6, 6.07) is 22.8. The standard InChI is InChI=1S/C47H48FN11O5/c1-4-43(63)58-21-20-57(26-32(58)14-17-49)44-34-16-19-56(39-11-7-9-29-8-5-6-10-33(29)39)27-38(34)52-46(53-44)50-18-15-42(62)51-25-30-12-13-31(22-37(30)48)59-45(54-55-47(59)64)36-23-35(28(2)3)40(60)24-41(36)61/h4-13,22-24,28,32,60-61H,1,14-16,18-21,25-27H2,2-3H3,(H,51,62)(H,55,64)(H,50,52,53). The number of fused-ring (bicyclic) bond motifs is 2. The number of rotatable bonds is 13. The molecule has 2 aliphatic heterocycles. The average Bonchev–Trinajstić information content (AvgIpc) is 3.68. The van der Waals surface area contributed by atoms with Crippen LogP contribution in [0, 0.1) is 17.1 Å². The van der Waals surface area contributed by atoms with Crippen molar-refractivity contribution in [3.8, 4) is 40.7 Å². The highest BCUT2D eigenvalue weighted by Gasteiger charge is 2.33. The zero-order valence-electron chi connectivity index (χ0n) is 35.5. The average molecular weight is 866 g/mol. The van der Waals surface area contributed by atoms with E-state index in [4.69, 9.17) is 9.97 Å². The number of benzene rings is 4. The van der Waals surface area contributed by atoms with Gasteiger partial charge in [-0.15, -0.1) is 5.10 Å². The first kappa shape index (κ1) is 42.9. The second-order valence-corrected chi connectivity index (χ2v) is 16.1. The summed E-state index contributed by atoms with van der Waals surface area (Å²) < 4.78 is 16.8. The Morgan fingerprint density at radius 2 is 1.80 bits per heavy atom. The van der Waals surface area contributed by atoms with Crippen LogP contribution in [0.3, 0.4) is 0 Å². The molecular weight excluding hydrogens is 818 g/mol. The van der Waals surface area contributed by atoms with Gasteiger partial charge in [0.05, 0.1) is 42.0 Å². The van der Waals surface area contributed by atoms with Gasteiger partial charge < -0.3 is 40.7 Å². The van der Waals surface area contributed by atoms with Crippen LogP contribution in [0.5, 0.6) is 17.5 Å². The molecule has 5 N–H and O–H groups in total. The van der Waals surface area contributed by atoms with E-state index in [1.165, 1.54) is 34.9 Å². The summed E-state index contributed by atoms with van der Waals surface area (Å²) >= 11 is 0. The predicted molar refractivity (Wildman–Crippen MR) is 240 cm³/mol. The second-order valence-electron chi connectivity index (χ2n) is 16.1. The lowest BCUT2D eigenvalue weighted by atomic mass is 9.98. The second kappa shape index (κ2) is 18.3. The lowest BCUT2D eigenvalue weighted by molar-refractivity contribution is -0.128. The van der Waals surface area contributed by atoms with Crippen molar-refractivity contribution < 1.29 is 29.3 Å². The van der Waals surface area contributed by atoms with Crippen LogP contribution >= 0.6 is 0 Å². The van der Waals surface area contributed by atoms with E-state index in [0.29, 0.717) is 44.1 Å². The van der Waals surface area contributed by atoms with Crippen LogP contribution in [0.25, 0.3) is 27.8 Å². The summed E-state index contributed by atoms with van der Waals surface area (Å²) in [5, 5.41) is 57.2. The van der Waals surface area contributed by atoms with Gasteiger partial charge in [-0.2, -0.15) is 10.2 Å². The molecule has 0 aliphatic carbocycles. The summed E-state index contributed by atoms with van der Waals surface area (Å²) in [7, 11) is 0. The number of piperazine rings is 1. The number of amides is 2. The zero-order valence-corrected chi connectivity index (χ0v) is 35.5. The van der Waals surface area contributed by atoms with Crippen molar-refractivity contribution in [2.45, 2.75) is 58.2 Å². The number of hydrogen-bond acceptors (Lipinski definition) is 13. The molecule has 8 rings (SSSR count). The number of aromatic nitrogens is 5. The van der Waals surface area contributed by atoms with Gasteiger partial charge in [0.1, 0.15) is 23.1 Å². The van der Waals surface area contributed by atoms with Crippen LogP contribution in [0.2, 0.25) is 0 Å². The van der Waals surface area contributed by atoms with Crippen LogP contribution in [0.4, 0.5) is 21.8 Å². The Kier molecular flexibility index (Phi) is 12.3. The van der Waals surface area contributed by atoms with Crippen LogP contribution in [-0.4, -0.2) is 95.5 Å². The Bertz CT molecular complexity index is 2800. The summed E-state index contributed by atoms with van der Waals surface area (Å²) in [5.74, 6) is -0.608. The number of hydrogen-bond donors (Lipinski definition) is 5. The Morgan fingerprint density at radius 3 is 2.58 bits per heavy atom. The molecule has 328 valence electrons. The number of halogens is 1. The van der Waals surface area contributed by atoms with Crippen molar-refractivity contribution >= 4 is 40.0 Å². The van der Waals surface area contributed by atoms with Gasteiger partial charge in [0.25, 0.3) is 0 Å². The topological polar surface area (TPSA) is 209 Å². The number of carbonyl (C=O) groups excluding carboxylic acids is 2. The molecule has 2 aromatic heterocycles. The van der Waals surface area contributed by atoms with Gasteiger partial charge in [-0.3, -0.25) is 9.59 Å². The maximum Gasteiger partial charge on any atom is 0.319 e. The molecule has 0 radical (unpaired) electrons. The molecule has 0 bridgehead atoms. The van der Waals surface area contributed by atoms with Crippen LogP contribution in [0.15, 0.2) is 85.5 Å². The van der Waals surface area contributed by atoms with Crippen molar-refractivity contribution in [2.24, 2.45) is 0 Å². The van der Waals surface area contributed by atoms with E-state index in [0.717, 1.165) is 40.1 Å². The van der Waals surface area contributed by atoms with Crippen molar-refractivity contribution in [3.05, 3.63) is 114 Å². The maximum absolute atomic E-state index is 15.6. The lowest BCUT2D eigenvalue weighted by Crippen LogP contribution is -2.55. The third-order valence-corrected chi connectivity index (χ3v) is 11.8. The molecule has 4 aromatic carbocycles. The van der Waals surface area contributed by atoms with Crippen LogP contribution in [-0.2, 0) is 29.1 Å². The minimum Gasteiger partial charge on any atom is -0.508 e. The number of aromatic hydroxyl groups is 3. The van der Waals surface area contributed by atoms with Crippen molar-refractivity contribution in [2.75, 3.05) is 47.8 Å². The largest absolute Gasteiger partial charge is 0.508 e. The van der Waals surface area contributed by atoms with E-state index in [-0.39, 0.29) is 83.8 Å². The van der Waals surface area contributed by atoms with Gasteiger partial charge in [-0.1, -0.05) is 68.0 Å². The smallest absolute Gasteiger partial charge is 0.319 e. The van der Waals surface area contributed by atoms with Gasteiger partial charge in [-0.05, 0) is 53.6 Å². The minimum atomic E-state index is -0.660. The molecule has 1 atom stereocenters. The molecule has 1 saturated heterocycles. The minimum absolute atomic E-state index is 0.0244. The third-order valence-electron chi connectivity index (χ3n) is 11.8. The number of phenolic OH excluding ortho intramolecular Hbond substituents is 2. The highest BCUT2D eigenvalue weighted by Crippen LogP contribution is 2.39. The number of anilines is 3. The van der Waals surface area contributed by atoms with E-state index in [1.807, 2.05) is 26.0 Å². The molecule has 1 unspecified atom stereocenters. The third kappa shape index (κ3) is 8.67. The Labute approximate surface area is 368 Å². The Hall–Kier alpha value is -7.74. The monoisotopic (exact) mass is 865 g/mol. The molecule has 16 nitrogen and oxygen atoms in total. The normalized spacial score (nSPS) is 14.9. The summed E-state index contributed by atoms with van der Waals surface area (Å²) in [5.41, 5.74) is 4.02. The highest BCUT2D eigenvalue weighted by atomic mass is 19.1. The summed E-state index contributed by atoms with van der Waals surface area (Å²) in [6.45, 7) is 10.0. The fourth-order valence-corrected chi connectivity index (χ4v) is 8.49. The predicted octanol–water partition coefficient (Wildman–Crippen LogP) is 6.05. The molecule has 2 aliphatic rings. The van der Waals surface area contributed by atoms with E-state index >= 15 is 4.39 Å². The van der Waals surface area contributed by atoms with Crippen LogP contribution in [0.1, 0.15) is 55.0 Å². The molecule has 6 aromatic rings. The van der Waals surface area contributed by atoms with E-state index in [9.17, 15) is 30.2 Å². The first-order chi connectivity index (χ1) is 30.9. The van der Waals surface area contributed by atoms with E-state index in [2.05, 4.69) is 73.6 Å². The number of phenols is 2.